The van der Waals surface area contributed by atoms with E-state index in [1.165, 1.54) is 38.5 Å². The zero-order chi connectivity index (χ0) is 21.1. The van der Waals surface area contributed by atoms with Gasteiger partial charge in [-0.15, -0.1) is 0 Å². The topological polar surface area (TPSA) is 30.5 Å². The van der Waals surface area contributed by atoms with E-state index < -0.39 is 0 Å². The fourth-order valence-electron chi connectivity index (χ4n) is 3.09. The van der Waals surface area contributed by atoms with Crippen LogP contribution in [0, 0.1) is 0 Å². The Labute approximate surface area is 193 Å². The molecule has 6 heteroatoms. The number of unbranched alkanes of at least 4 members (excludes halogenated alkanes) is 5. The largest absolute Gasteiger partial charge is 0.493 e. The molecule has 3 nitrogen and oxygen atoms in total. The van der Waals surface area contributed by atoms with Crippen LogP contribution in [0.3, 0.4) is 0 Å². The van der Waals surface area contributed by atoms with Crippen molar-refractivity contribution >= 4 is 39.1 Å². The van der Waals surface area contributed by atoms with Gasteiger partial charge in [-0.25, -0.2) is 0 Å². The van der Waals surface area contributed by atoms with Crippen LogP contribution in [0.25, 0.3) is 0 Å². The molecule has 29 heavy (non-hydrogen) atoms. The second kappa shape index (κ2) is 13.4. The summed E-state index contributed by atoms with van der Waals surface area (Å²) in [6.45, 7) is 4.33. The van der Waals surface area contributed by atoms with Crippen LogP contribution >= 0.6 is 39.1 Å². The normalized spacial score (nSPS) is 10.9. The first-order chi connectivity index (χ1) is 14.1. The molecule has 0 saturated carbocycles. The molecule has 160 valence electrons. The molecule has 0 atom stereocenters. The molecule has 0 unspecified atom stereocenters. The molecule has 0 aliphatic carbocycles. The highest BCUT2D eigenvalue weighted by Gasteiger charge is 2.15. The summed E-state index contributed by atoms with van der Waals surface area (Å²) in [5, 5.41) is 4.60. The molecule has 0 aliphatic heterocycles. The molecule has 0 radical (unpaired) electrons. The Bertz CT molecular complexity index is 771. The summed E-state index contributed by atoms with van der Waals surface area (Å²) in [7, 11) is 1.66. The number of ether oxygens (including phenoxy) is 2. The first-order valence-corrected chi connectivity index (χ1v) is 11.7. The van der Waals surface area contributed by atoms with E-state index in [-0.39, 0.29) is 0 Å². The van der Waals surface area contributed by atoms with Crippen LogP contribution in [-0.2, 0) is 13.2 Å². The van der Waals surface area contributed by atoms with Gasteiger partial charge in [0, 0.05) is 16.6 Å². The second-order valence-corrected chi connectivity index (χ2v) is 8.71. The van der Waals surface area contributed by atoms with Gasteiger partial charge < -0.3 is 14.8 Å². The smallest absolute Gasteiger partial charge is 0.167 e. The van der Waals surface area contributed by atoms with Crippen molar-refractivity contribution in [2.75, 3.05) is 13.7 Å². The molecule has 0 aliphatic rings. The van der Waals surface area contributed by atoms with E-state index in [9.17, 15) is 0 Å². The van der Waals surface area contributed by atoms with Crippen LogP contribution in [0.4, 0.5) is 0 Å². The van der Waals surface area contributed by atoms with Crippen molar-refractivity contribution < 1.29 is 9.47 Å². The van der Waals surface area contributed by atoms with Crippen LogP contribution in [0.5, 0.6) is 11.5 Å². The standard InChI is InChI=1S/C23H30BrCl2NO2/c1-3-4-5-6-7-8-13-27-15-18-19(24)10-12-22(28-2)23(18)29-16-17-9-11-20(25)21(26)14-17/h9-12,14,27H,3-8,13,15-16H2,1-2H3. The summed E-state index contributed by atoms with van der Waals surface area (Å²) < 4.78 is 12.7. The van der Waals surface area contributed by atoms with E-state index in [0.29, 0.717) is 28.9 Å². The lowest BCUT2D eigenvalue weighted by atomic mass is 10.1. The molecule has 0 aromatic heterocycles. The number of hydrogen-bond acceptors (Lipinski definition) is 3. The Morgan fingerprint density at radius 3 is 2.45 bits per heavy atom. The van der Waals surface area contributed by atoms with E-state index in [4.69, 9.17) is 32.7 Å². The first kappa shape index (κ1) is 24.3. The highest BCUT2D eigenvalue weighted by Crippen LogP contribution is 2.37. The van der Waals surface area contributed by atoms with E-state index in [0.717, 1.165) is 27.9 Å². The second-order valence-electron chi connectivity index (χ2n) is 7.04. The van der Waals surface area contributed by atoms with Gasteiger partial charge in [-0.05, 0) is 42.8 Å². The Morgan fingerprint density at radius 2 is 1.72 bits per heavy atom. The number of nitrogens with one attached hydrogen (secondary N) is 1. The molecule has 0 amide bonds. The highest BCUT2D eigenvalue weighted by molar-refractivity contribution is 9.10. The third kappa shape index (κ3) is 8.01. The van der Waals surface area contributed by atoms with Crippen molar-refractivity contribution in [3.05, 3.63) is 56.0 Å². The van der Waals surface area contributed by atoms with Gasteiger partial charge in [-0.3, -0.25) is 0 Å². The molecule has 0 spiro atoms. The van der Waals surface area contributed by atoms with Crippen LogP contribution < -0.4 is 14.8 Å². The van der Waals surface area contributed by atoms with Gasteiger partial charge in [0.25, 0.3) is 0 Å². The highest BCUT2D eigenvalue weighted by atomic mass is 79.9. The first-order valence-electron chi connectivity index (χ1n) is 10.2. The van der Waals surface area contributed by atoms with Gasteiger partial charge in [0.1, 0.15) is 6.61 Å². The van der Waals surface area contributed by atoms with Gasteiger partial charge in [-0.2, -0.15) is 0 Å². The quantitative estimate of drug-likeness (QED) is 0.283. The third-order valence-electron chi connectivity index (χ3n) is 4.76. The van der Waals surface area contributed by atoms with E-state index in [1.807, 2.05) is 24.3 Å². The summed E-state index contributed by atoms with van der Waals surface area (Å²) in [5.74, 6) is 1.45. The van der Waals surface area contributed by atoms with E-state index in [1.54, 1.807) is 13.2 Å². The Balaban J connectivity index is 1.97. The minimum atomic E-state index is 0.383. The lowest BCUT2D eigenvalue weighted by Crippen LogP contribution is -2.16. The lowest BCUT2D eigenvalue weighted by molar-refractivity contribution is 0.280. The van der Waals surface area contributed by atoms with Crippen molar-refractivity contribution in [2.45, 2.75) is 58.6 Å². The number of rotatable bonds is 13. The molecular formula is C23H30BrCl2NO2. The fourth-order valence-corrected chi connectivity index (χ4v) is 3.87. The summed E-state index contributed by atoms with van der Waals surface area (Å²) in [4.78, 5) is 0. The number of halogens is 3. The molecule has 1 N–H and O–H groups in total. The zero-order valence-corrected chi connectivity index (χ0v) is 20.3. The summed E-state index contributed by atoms with van der Waals surface area (Å²) in [6, 6.07) is 9.42. The predicted molar refractivity (Wildman–Crippen MR) is 127 cm³/mol. The van der Waals surface area contributed by atoms with Crippen molar-refractivity contribution in [1.29, 1.82) is 0 Å². The van der Waals surface area contributed by atoms with E-state index in [2.05, 4.69) is 28.2 Å². The van der Waals surface area contributed by atoms with Gasteiger partial charge in [0.2, 0.25) is 0 Å². The maximum atomic E-state index is 6.15. The fraction of sp³-hybridized carbons (Fsp3) is 0.478. The zero-order valence-electron chi connectivity index (χ0n) is 17.2. The molecule has 2 aromatic rings. The molecule has 2 rings (SSSR count). The Kier molecular flexibility index (Phi) is 11.2. The molecule has 0 heterocycles. The average Bonchev–Trinajstić information content (AvgIpc) is 2.72. The third-order valence-corrected chi connectivity index (χ3v) is 6.25. The molecule has 2 aromatic carbocycles. The van der Waals surface area contributed by atoms with E-state index >= 15 is 0 Å². The van der Waals surface area contributed by atoms with Crippen LogP contribution in [0.1, 0.15) is 56.6 Å². The minimum Gasteiger partial charge on any atom is -0.493 e. The van der Waals surface area contributed by atoms with Crippen LogP contribution in [0.2, 0.25) is 10.0 Å². The van der Waals surface area contributed by atoms with Crippen molar-refractivity contribution in [2.24, 2.45) is 0 Å². The van der Waals surface area contributed by atoms with Gasteiger partial charge >= 0.3 is 0 Å². The number of benzene rings is 2. The predicted octanol–water partition coefficient (Wildman–Crippen LogP) is 7.79. The summed E-state index contributed by atoms with van der Waals surface area (Å²) >= 11 is 15.8. The average molecular weight is 503 g/mol. The Morgan fingerprint density at radius 1 is 0.966 bits per heavy atom. The van der Waals surface area contributed by atoms with Crippen LogP contribution in [0.15, 0.2) is 34.8 Å². The van der Waals surface area contributed by atoms with Gasteiger partial charge in [0.15, 0.2) is 11.5 Å². The Hall–Kier alpha value is -0.940. The molecule has 0 fully saturated rings. The molecular weight excluding hydrogens is 473 g/mol. The summed E-state index contributed by atoms with van der Waals surface area (Å²) in [6.07, 6.45) is 7.73. The van der Waals surface area contributed by atoms with Crippen molar-refractivity contribution in [3.63, 3.8) is 0 Å². The van der Waals surface area contributed by atoms with Gasteiger partial charge in [0.05, 0.1) is 17.2 Å². The maximum absolute atomic E-state index is 6.15. The van der Waals surface area contributed by atoms with Crippen molar-refractivity contribution in [1.82, 2.24) is 5.32 Å². The monoisotopic (exact) mass is 501 g/mol. The van der Waals surface area contributed by atoms with Crippen LogP contribution in [-0.4, -0.2) is 13.7 Å². The summed E-state index contributed by atoms with van der Waals surface area (Å²) in [5.41, 5.74) is 2.00. The minimum absolute atomic E-state index is 0.383. The number of methoxy groups -OCH3 is 1. The van der Waals surface area contributed by atoms with Gasteiger partial charge in [-0.1, -0.05) is 84.2 Å². The number of hydrogen-bond donors (Lipinski definition) is 1. The molecule has 0 bridgehead atoms. The van der Waals surface area contributed by atoms with Crippen molar-refractivity contribution in [3.8, 4) is 11.5 Å². The SMILES string of the molecule is CCCCCCCCNCc1c(Br)ccc(OC)c1OCc1ccc(Cl)c(Cl)c1. The molecule has 0 saturated heterocycles. The maximum Gasteiger partial charge on any atom is 0.167 e. The lowest BCUT2D eigenvalue weighted by Gasteiger charge is -2.17.